The molecular formula is C18H24N2O2. The molecule has 0 bridgehead atoms. The molecule has 0 radical (unpaired) electrons. The van der Waals surface area contributed by atoms with Crippen LogP contribution in [0.3, 0.4) is 0 Å². The Morgan fingerprint density at radius 3 is 2.41 bits per heavy atom. The summed E-state index contributed by atoms with van der Waals surface area (Å²) in [4.78, 5) is 25.1. The Kier molecular flexibility index (Phi) is 3.94. The molecule has 4 nitrogen and oxygen atoms in total. The molecule has 4 heteroatoms. The minimum absolute atomic E-state index is 0.0813. The van der Waals surface area contributed by atoms with E-state index in [4.69, 9.17) is 0 Å². The van der Waals surface area contributed by atoms with Gasteiger partial charge >= 0.3 is 0 Å². The number of benzene rings is 1. The monoisotopic (exact) mass is 300 g/mol. The van der Waals surface area contributed by atoms with E-state index in [2.05, 4.69) is 10.6 Å². The lowest BCUT2D eigenvalue weighted by molar-refractivity contribution is -0.134. The lowest BCUT2D eigenvalue weighted by Crippen LogP contribution is -2.43. The number of carbonyl (C=O) groups excluding carboxylic acids is 2. The quantitative estimate of drug-likeness (QED) is 0.840. The summed E-state index contributed by atoms with van der Waals surface area (Å²) >= 11 is 0. The summed E-state index contributed by atoms with van der Waals surface area (Å²) in [7, 11) is 0. The summed E-state index contributed by atoms with van der Waals surface area (Å²) in [6.45, 7) is 3.96. The topological polar surface area (TPSA) is 58.2 Å². The fourth-order valence-corrected chi connectivity index (χ4v) is 3.19. The lowest BCUT2D eigenvalue weighted by atomic mass is 10.0. The fraction of sp³-hybridized carbons (Fsp3) is 0.556. The van der Waals surface area contributed by atoms with E-state index in [1.54, 1.807) is 0 Å². The van der Waals surface area contributed by atoms with Crippen molar-refractivity contribution in [3.63, 3.8) is 0 Å². The van der Waals surface area contributed by atoms with E-state index in [1.165, 1.54) is 12.8 Å². The number of hydrogen-bond acceptors (Lipinski definition) is 2. The van der Waals surface area contributed by atoms with E-state index in [0.717, 1.165) is 29.7 Å². The zero-order chi connectivity index (χ0) is 15.7. The number of nitrogens with one attached hydrogen (secondary N) is 2. The first kappa shape index (κ1) is 15.1. The molecule has 0 saturated heterocycles. The van der Waals surface area contributed by atoms with Gasteiger partial charge in [-0.3, -0.25) is 9.59 Å². The number of hydrogen-bond donors (Lipinski definition) is 2. The minimum Gasteiger partial charge on any atom is -0.352 e. The van der Waals surface area contributed by atoms with Gasteiger partial charge in [-0.2, -0.15) is 0 Å². The largest absolute Gasteiger partial charge is 0.352 e. The maximum absolute atomic E-state index is 12.6. The lowest BCUT2D eigenvalue weighted by Gasteiger charge is -2.19. The highest BCUT2D eigenvalue weighted by molar-refractivity contribution is 6.13. The van der Waals surface area contributed by atoms with Crippen molar-refractivity contribution in [3.05, 3.63) is 29.3 Å². The molecule has 0 unspecified atom stereocenters. The first-order valence-corrected chi connectivity index (χ1v) is 8.21. The Morgan fingerprint density at radius 1 is 1.09 bits per heavy atom. The Bertz CT molecular complexity index is 599. The molecule has 1 aromatic carbocycles. The highest BCUT2D eigenvalue weighted by Crippen LogP contribution is 2.47. The molecule has 3 rings (SSSR count). The van der Waals surface area contributed by atoms with E-state index in [-0.39, 0.29) is 17.9 Å². The van der Waals surface area contributed by atoms with Gasteiger partial charge in [0.05, 0.1) is 0 Å². The van der Waals surface area contributed by atoms with Crippen molar-refractivity contribution in [2.45, 2.75) is 58.4 Å². The van der Waals surface area contributed by atoms with Crippen LogP contribution in [0.1, 0.15) is 49.7 Å². The molecule has 2 fully saturated rings. The van der Waals surface area contributed by atoms with Gasteiger partial charge in [-0.1, -0.05) is 25.0 Å². The van der Waals surface area contributed by atoms with Gasteiger partial charge in [0.2, 0.25) is 11.8 Å². The number of carbonyl (C=O) groups is 2. The molecule has 0 aliphatic heterocycles. The van der Waals surface area contributed by atoms with Crippen LogP contribution in [0.25, 0.3) is 0 Å². The summed E-state index contributed by atoms with van der Waals surface area (Å²) in [5.74, 6) is -0.237. The molecule has 118 valence electrons. The van der Waals surface area contributed by atoms with Crippen LogP contribution < -0.4 is 10.6 Å². The maximum Gasteiger partial charge on any atom is 0.240 e. The van der Waals surface area contributed by atoms with Crippen molar-refractivity contribution in [2.75, 3.05) is 5.32 Å². The van der Waals surface area contributed by atoms with Crippen molar-refractivity contribution >= 4 is 17.5 Å². The second kappa shape index (κ2) is 5.75. The number of rotatable bonds is 4. The van der Waals surface area contributed by atoms with E-state index < -0.39 is 5.41 Å². The number of aryl methyl sites for hydroxylation is 2. The van der Waals surface area contributed by atoms with E-state index >= 15 is 0 Å². The average molecular weight is 300 g/mol. The van der Waals surface area contributed by atoms with Gasteiger partial charge in [-0.05, 0) is 56.7 Å². The van der Waals surface area contributed by atoms with Gasteiger partial charge in [0.1, 0.15) is 5.41 Å². The third kappa shape index (κ3) is 2.87. The van der Waals surface area contributed by atoms with Crippen LogP contribution in [-0.4, -0.2) is 17.9 Å². The van der Waals surface area contributed by atoms with Gasteiger partial charge in [0, 0.05) is 11.7 Å². The van der Waals surface area contributed by atoms with Crippen LogP contribution >= 0.6 is 0 Å². The Morgan fingerprint density at radius 2 is 1.77 bits per heavy atom. The fourth-order valence-electron chi connectivity index (χ4n) is 3.19. The SMILES string of the molecule is Cc1ccc(C)c(NC(=O)C2(C(=O)NC3CCCC3)CC2)c1. The van der Waals surface area contributed by atoms with E-state index in [0.29, 0.717) is 12.8 Å². The second-order valence-corrected chi connectivity index (χ2v) is 6.81. The molecule has 2 aliphatic rings. The third-order valence-corrected chi connectivity index (χ3v) is 4.95. The molecule has 0 aromatic heterocycles. The molecule has 1 aromatic rings. The van der Waals surface area contributed by atoms with E-state index in [9.17, 15) is 9.59 Å². The van der Waals surface area contributed by atoms with Crippen molar-refractivity contribution in [2.24, 2.45) is 5.41 Å². The zero-order valence-corrected chi connectivity index (χ0v) is 13.4. The van der Waals surface area contributed by atoms with Crippen molar-refractivity contribution in [3.8, 4) is 0 Å². The van der Waals surface area contributed by atoms with Crippen LogP contribution in [0.2, 0.25) is 0 Å². The Hall–Kier alpha value is -1.84. The predicted octanol–water partition coefficient (Wildman–Crippen LogP) is 3.08. The van der Waals surface area contributed by atoms with Crippen LogP contribution in [-0.2, 0) is 9.59 Å². The summed E-state index contributed by atoms with van der Waals surface area (Å²) in [5.41, 5.74) is 2.09. The van der Waals surface area contributed by atoms with Gasteiger partial charge in [0.15, 0.2) is 0 Å². The summed E-state index contributed by atoms with van der Waals surface area (Å²) in [6.07, 6.45) is 5.74. The predicted molar refractivity (Wildman–Crippen MR) is 86.6 cm³/mol. The van der Waals surface area contributed by atoms with Crippen molar-refractivity contribution < 1.29 is 9.59 Å². The molecule has 2 aliphatic carbocycles. The van der Waals surface area contributed by atoms with E-state index in [1.807, 2.05) is 32.0 Å². The normalized spacial score (nSPS) is 19.7. The third-order valence-electron chi connectivity index (χ3n) is 4.95. The molecule has 2 saturated carbocycles. The Labute approximate surface area is 131 Å². The maximum atomic E-state index is 12.6. The van der Waals surface area contributed by atoms with Gasteiger partial charge in [-0.25, -0.2) is 0 Å². The van der Waals surface area contributed by atoms with Crippen LogP contribution in [0.4, 0.5) is 5.69 Å². The van der Waals surface area contributed by atoms with Crippen LogP contribution in [0.15, 0.2) is 18.2 Å². The number of anilines is 1. The van der Waals surface area contributed by atoms with Gasteiger partial charge in [-0.15, -0.1) is 0 Å². The molecule has 0 spiro atoms. The minimum atomic E-state index is -0.835. The smallest absolute Gasteiger partial charge is 0.240 e. The van der Waals surface area contributed by atoms with Crippen LogP contribution in [0.5, 0.6) is 0 Å². The highest BCUT2D eigenvalue weighted by atomic mass is 16.2. The van der Waals surface area contributed by atoms with Crippen molar-refractivity contribution in [1.29, 1.82) is 0 Å². The van der Waals surface area contributed by atoms with Gasteiger partial charge in [0.25, 0.3) is 0 Å². The first-order valence-electron chi connectivity index (χ1n) is 8.21. The standard InChI is InChI=1S/C18H24N2O2/c1-12-7-8-13(2)15(11-12)20-17(22)18(9-10-18)16(21)19-14-5-3-4-6-14/h7-8,11,14H,3-6,9-10H2,1-2H3,(H,19,21)(H,20,22). The summed E-state index contributed by atoms with van der Waals surface area (Å²) in [6, 6.07) is 6.23. The molecule has 22 heavy (non-hydrogen) atoms. The summed E-state index contributed by atoms with van der Waals surface area (Å²) < 4.78 is 0. The summed E-state index contributed by atoms with van der Waals surface area (Å²) in [5, 5.41) is 6.03. The molecule has 2 amide bonds. The second-order valence-electron chi connectivity index (χ2n) is 6.81. The van der Waals surface area contributed by atoms with Crippen molar-refractivity contribution in [1.82, 2.24) is 5.32 Å². The molecule has 0 atom stereocenters. The highest BCUT2D eigenvalue weighted by Gasteiger charge is 2.56. The van der Waals surface area contributed by atoms with Crippen LogP contribution in [0, 0.1) is 19.3 Å². The molecule has 0 heterocycles. The van der Waals surface area contributed by atoms with Gasteiger partial charge < -0.3 is 10.6 Å². The number of amides is 2. The first-order chi connectivity index (χ1) is 10.5. The molecular weight excluding hydrogens is 276 g/mol. The molecule has 2 N–H and O–H groups in total. The zero-order valence-electron chi connectivity index (χ0n) is 13.4. The Balaban J connectivity index is 1.68. The average Bonchev–Trinajstić information content (AvgIpc) is 3.15.